The zero-order chi connectivity index (χ0) is 18.2. The maximum absolute atomic E-state index is 12.8. The Morgan fingerprint density at radius 3 is 2.64 bits per heavy atom. The lowest BCUT2D eigenvalue weighted by Crippen LogP contribution is -2.47. The van der Waals surface area contributed by atoms with Gasteiger partial charge in [0.15, 0.2) is 9.84 Å². The number of likely N-dealkylation sites (tertiary alicyclic amines) is 1. The van der Waals surface area contributed by atoms with Crippen molar-refractivity contribution in [3.8, 4) is 6.07 Å². The summed E-state index contributed by atoms with van der Waals surface area (Å²) in [5.41, 5.74) is -0.870. The van der Waals surface area contributed by atoms with Gasteiger partial charge < -0.3 is 10.2 Å². The molecule has 1 N–H and O–H groups in total. The fourth-order valence-corrected chi connectivity index (χ4v) is 5.21. The molecule has 2 aliphatic rings. The van der Waals surface area contributed by atoms with Gasteiger partial charge in [-0.25, -0.2) is 8.42 Å². The van der Waals surface area contributed by atoms with Crippen molar-refractivity contribution in [2.75, 3.05) is 6.54 Å². The quantitative estimate of drug-likeness (QED) is 0.762. The normalized spacial score (nSPS) is 24.4. The molecule has 9 heteroatoms. The van der Waals surface area contributed by atoms with Crippen molar-refractivity contribution >= 4 is 33.8 Å². The number of rotatable bonds is 5. The van der Waals surface area contributed by atoms with Crippen LogP contribution in [0.5, 0.6) is 0 Å². The first-order valence-corrected chi connectivity index (χ1v) is 9.68. The van der Waals surface area contributed by atoms with Crippen LogP contribution in [0.2, 0.25) is 5.02 Å². The highest BCUT2D eigenvalue weighted by Crippen LogP contribution is 2.36. The van der Waals surface area contributed by atoms with Crippen molar-refractivity contribution in [3.05, 3.63) is 29.3 Å². The first-order chi connectivity index (χ1) is 11.8. The summed E-state index contributed by atoms with van der Waals surface area (Å²) in [7, 11) is -3.79. The van der Waals surface area contributed by atoms with Gasteiger partial charge in [0.2, 0.25) is 12.3 Å². The van der Waals surface area contributed by atoms with E-state index < -0.39 is 32.6 Å². The second-order valence-corrected chi connectivity index (χ2v) is 8.94. The Labute approximate surface area is 150 Å². The zero-order valence-electron chi connectivity index (χ0n) is 13.2. The van der Waals surface area contributed by atoms with E-state index in [1.165, 1.54) is 17.0 Å². The lowest BCUT2D eigenvalue weighted by atomic mass is 10.2. The first-order valence-electron chi connectivity index (χ1n) is 7.76. The van der Waals surface area contributed by atoms with Crippen LogP contribution in [-0.2, 0) is 19.4 Å². The maximum atomic E-state index is 12.8. The largest absolute Gasteiger partial charge is 0.336 e. The number of halogens is 1. The van der Waals surface area contributed by atoms with E-state index in [-0.39, 0.29) is 22.9 Å². The molecular formula is C16H16ClN3O4S. The van der Waals surface area contributed by atoms with Crippen molar-refractivity contribution < 1.29 is 18.0 Å². The molecule has 1 unspecified atom stereocenters. The number of carbonyl (C=O) groups is 2. The molecule has 1 aliphatic heterocycles. The number of amides is 2. The number of nitrogens with zero attached hydrogens (tertiary/aromatic N) is 2. The average Bonchev–Trinajstić information content (AvgIpc) is 3.21. The van der Waals surface area contributed by atoms with Gasteiger partial charge in [0.1, 0.15) is 11.6 Å². The van der Waals surface area contributed by atoms with Crippen LogP contribution in [0.3, 0.4) is 0 Å². The van der Waals surface area contributed by atoms with Crippen LogP contribution in [0, 0.1) is 11.3 Å². The van der Waals surface area contributed by atoms with Gasteiger partial charge in [0, 0.05) is 6.54 Å². The van der Waals surface area contributed by atoms with Gasteiger partial charge in [-0.05, 0) is 31.4 Å². The number of benzene rings is 1. The molecule has 2 fully saturated rings. The molecule has 0 bridgehead atoms. The fourth-order valence-electron chi connectivity index (χ4n) is 2.98. The van der Waals surface area contributed by atoms with Crippen LogP contribution in [-0.4, -0.2) is 49.0 Å². The van der Waals surface area contributed by atoms with Crippen LogP contribution >= 0.6 is 11.6 Å². The Balaban J connectivity index is 1.82. The lowest BCUT2D eigenvalue weighted by molar-refractivity contribution is -0.131. The Morgan fingerprint density at radius 2 is 2.08 bits per heavy atom. The van der Waals surface area contributed by atoms with E-state index in [0.29, 0.717) is 19.3 Å². The smallest absolute Gasteiger partial charge is 0.244 e. The van der Waals surface area contributed by atoms with E-state index in [1.807, 2.05) is 6.07 Å². The Hall–Kier alpha value is -2.11. The number of nitrogens with one attached hydrogen (secondary N) is 1. The molecule has 0 radical (unpaired) electrons. The van der Waals surface area contributed by atoms with E-state index in [0.717, 1.165) is 0 Å². The molecule has 1 heterocycles. The third kappa shape index (κ3) is 3.22. The molecule has 7 nitrogen and oxygen atoms in total. The summed E-state index contributed by atoms with van der Waals surface area (Å²) in [5.74, 6) is -0.497. The van der Waals surface area contributed by atoms with Crippen LogP contribution < -0.4 is 5.32 Å². The SMILES string of the molecule is N#CC1(NC(=O)[C@@H]2CC(S(=O)(=O)c3ccccc3Cl)CN2C=O)CC1. The molecule has 0 aromatic heterocycles. The van der Waals surface area contributed by atoms with Crippen LogP contribution in [0.1, 0.15) is 19.3 Å². The van der Waals surface area contributed by atoms with Gasteiger partial charge in [0.25, 0.3) is 0 Å². The van der Waals surface area contributed by atoms with Gasteiger partial charge >= 0.3 is 0 Å². The minimum absolute atomic E-state index is 0.00994. The standard InChI is InChI=1S/C16H16ClN3O4S/c17-12-3-1-2-4-14(12)25(23,24)11-7-13(20(8-11)10-21)15(22)19-16(9-18)5-6-16/h1-4,10-11,13H,5-8H2,(H,19,22)/t11?,13-/m0/s1. The summed E-state index contributed by atoms with van der Waals surface area (Å²) < 4.78 is 25.7. The summed E-state index contributed by atoms with van der Waals surface area (Å²) in [6.07, 6.45) is 1.56. The van der Waals surface area contributed by atoms with Crippen molar-refractivity contribution in [3.63, 3.8) is 0 Å². The van der Waals surface area contributed by atoms with E-state index in [2.05, 4.69) is 5.32 Å². The molecule has 132 valence electrons. The van der Waals surface area contributed by atoms with Crippen LogP contribution in [0.25, 0.3) is 0 Å². The monoisotopic (exact) mass is 381 g/mol. The zero-order valence-corrected chi connectivity index (χ0v) is 14.8. The molecule has 2 amide bonds. The predicted octanol–water partition coefficient (Wildman–Crippen LogP) is 0.885. The maximum Gasteiger partial charge on any atom is 0.244 e. The second-order valence-electron chi connectivity index (χ2n) is 6.33. The molecule has 1 saturated heterocycles. The highest BCUT2D eigenvalue weighted by Gasteiger charge is 2.49. The summed E-state index contributed by atoms with van der Waals surface area (Å²) in [6.45, 7) is -0.0886. The summed E-state index contributed by atoms with van der Waals surface area (Å²) in [5, 5.41) is 10.9. The summed E-state index contributed by atoms with van der Waals surface area (Å²) >= 11 is 5.99. The van der Waals surface area contributed by atoms with Gasteiger partial charge in [-0.2, -0.15) is 5.26 Å². The predicted molar refractivity (Wildman–Crippen MR) is 89.3 cm³/mol. The lowest BCUT2D eigenvalue weighted by Gasteiger charge is -2.20. The number of sulfone groups is 1. The highest BCUT2D eigenvalue weighted by atomic mass is 35.5. The highest BCUT2D eigenvalue weighted by molar-refractivity contribution is 7.92. The molecule has 3 rings (SSSR count). The molecule has 1 saturated carbocycles. The van der Waals surface area contributed by atoms with Gasteiger partial charge in [-0.1, -0.05) is 23.7 Å². The topological polar surface area (TPSA) is 107 Å². The van der Waals surface area contributed by atoms with E-state index in [4.69, 9.17) is 16.9 Å². The summed E-state index contributed by atoms with van der Waals surface area (Å²) in [6, 6.07) is 7.21. The Kier molecular flexibility index (Phi) is 4.47. The number of nitriles is 1. The van der Waals surface area contributed by atoms with Gasteiger partial charge in [0.05, 0.1) is 21.2 Å². The third-order valence-corrected chi connectivity index (χ3v) is 7.28. The van der Waals surface area contributed by atoms with Crippen molar-refractivity contribution in [2.45, 2.75) is 41.0 Å². The van der Waals surface area contributed by atoms with Crippen molar-refractivity contribution in [1.29, 1.82) is 5.26 Å². The van der Waals surface area contributed by atoms with Crippen LogP contribution in [0.4, 0.5) is 0 Å². The number of hydrogen-bond acceptors (Lipinski definition) is 5. The van der Waals surface area contributed by atoms with Gasteiger partial charge in [-0.3, -0.25) is 9.59 Å². The molecule has 2 atom stereocenters. The minimum atomic E-state index is -3.79. The minimum Gasteiger partial charge on any atom is -0.336 e. The van der Waals surface area contributed by atoms with E-state index in [9.17, 15) is 18.0 Å². The molecule has 1 aliphatic carbocycles. The van der Waals surface area contributed by atoms with Crippen molar-refractivity contribution in [1.82, 2.24) is 10.2 Å². The van der Waals surface area contributed by atoms with E-state index in [1.54, 1.807) is 12.1 Å². The second kappa shape index (κ2) is 6.32. The number of hydrogen-bond donors (Lipinski definition) is 1. The Bertz CT molecular complexity index is 860. The summed E-state index contributed by atoms with van der Waals surface area (Å²) in [4.78, 5) is 24.9. The van der Waals surface area contributed by atoms with Crippen molar-refractivity contribution in [2.24, 2.45) is 0 Å². The average molecular weight is 382 g/mol. The first kappa shape index (κ1) is 17.7. The molecule has 1 aromatic carbocycles. The Morgan fingerprint density at radius 1 is 1.40 bits per heavy atom. The molecule has 1 aromatic rings. The molecular weight excluding hydrogens is 366 g/mol. The molecule has 0 spiro atoms. The van der Waals surface area contributed by atoms with E-state index >= 15 is 0 Å². The molecule has 25 heavy (non-hydrogen) atoms. The van der Waals surface area contributed by atoms with Gasteiger partial charge in [-0.15, -0.1) is 0 Å². The number of carbonyl (C=O) groups excluding carboxylic acids is 2. The van der Waals surface area contributed by atoms with Crippen LogP contribution in [0.15, 0.2) is 29.2 Å². The third-order valence-electron chi connectivity index (χ3n) is 4.65. The fraction of sp³-hybridized carbons (Fsp3) is 0.438.